The van der Waals surface area contributed by atoms with Gasteiger partial charge in [0.25, 0.3) is 0 Å². The topological polar surface area (TPSA) is 58.0 Å². The Kier molecular flexibility index (Phi) is 5.06. The van der Waals surface area contributed by atoms with Gasteiger partial charge in [-0.05, 0) is 36.9 Å². The van der Waals surface area contributed by atoms with E-state index in [1.807, 2.05) is 6.07 Å². The number of likely N-dealkylation sites (tertiary alicyclic amines) is 1. The first-order chi connectivity index (χ1) is 14.4. The van der Waals surface area contributed by atoms with Crippen LogP contribution in [0.15, 0.2) is 31.0 Å². The maximum Gasteiger partial charge on any atom is 0.393 e. The van der Waals surface area contributed by atoms with Crippen molar-refractivity contribution in [2.24, 2.45) is 11.8 Å². The Bertz CT molecular complexity index is 1020. The summed E-state index contributed by atoms with van der Waals surface area (Å²) in [5.74, 6) is 1.85. The van der Waals surface area contributed by atoms with E-state index in [1.54, 1.807) is 18.6 Å². The molecule has 0 radical (unpaired) electrons. The third-order valence-electron chi connectivity index (χ3n) is 5.95. The van der Waals surface area contributed by atoms with Crippen LogP contribution in [0.5, 0.6) is 0 Å². The number of alkyl halides is 3. The summed E-state index contributed by atoms with van der Waals surface area (Å²) in [7, 11) is 0. The summed E-state index contributed by atoms with van der Waals surface area (Å²) >= 11 is 1.11. The molecule has 6 nitrogen and oxygen atoms in total. The van der Waals surface area contributed by atoms with Crippen molar-refractivity contribution in [3.05, 3.63) is 41.6 Å². The lowest BCUT2D eigenvalue weighted by Crippen LogP contribution is -2.39. The van der Waals surface area contributed by atoms with Gasteiger partial charge in [0, 0.05) is 37.3 Å². The average molecular weight is 434 g/mol. The third kappa shape index (κ3) is 4.11. The first-order valence-corrected chi connectivity index (χ1v) is 10.8. The van der Waals surface area contributed by atoms with Crippen LogP contribution in [0, 0.1) is 11.8 Å². The van der Waals surface area contributed by atoms with Crippen LogP contribution in [0.25, 0.3) is 10.2 Å². The molecule has 2 fully saturated rings. The fourth-order valence-electron chi connectivity index (χ4n) is 4.63. The van der Waals surface area contributed by atoms with Crippen molar-refractivity contribution in [2.75, 3.05) is 31.1 Å². The molecule has 0 saturated carbocycles. The molecule has 10 heteroatoms. The molecule has 5 heterocycles. The quantitative estimate of drug-likeness (QED) is 0.626. The van der Waals surface area contributed by atoms with Gasteiger partial charge in [-0.15, -0.1) is 11.3 Å². The van der Waals surface area contributed by atoms with Gasteiger partial charge in [0.2, 0.25) is 0 Å². The van der Waals surface area contributed by atoms with E-state index in [2.05, 4.69) is 29.7 Å². The van der Waals surface area contributed by atoms with E-state index in [4.69, 9.17) is 0 Å². The van der Waals surface area contributed by atoms with E-state index in [1.165, 1.54) is 6.33 Å². The van der Waals surface area contributed by atoms with Crippen LogP contribution in [0.3, 0.4) is 0 Å². The molecule has 2 saturated heterocycles. The number of hydrogen-bond donors (Lipinski definition) is 0. The minimum atomic E-state index is -4.22. The minimum absolute atomic E-state index is 0.284. The molecule has 0 bridgehead atoms. The molecule has 2 aliphatic rings. The van der Waals surface area contributed by atoms with Crippen molar-refractivity contribution >= 4 is 27.4 Å². The first-order valence-electron chi connectivity index (χ1n) is 9.97. The molecular weight excluding hydrogens is 413 g/mol. The van der Waals surface area contributed by atoms with Crippen LogP contribution in [0.4, 0.5) is 19.0 Å². The van der Waals surface area contributed by atoms with Crippen LogP contribution in [-0.2, 0) is 13.0 Å². The molecule has 0 aromatic carbocycles. The predicted octanol–water partition coefficient (Wildman–Crippen LogP) is 3.54. The summed E-state index contributed by atoms with van der Waals surface area (Å²) in [6, 6.07) is 3.56. The molecular formula is C20H21F3N6S. The summed E-state index contributed by atoms with van der Waals surface area (Å²) in [4.78, 5) is 22.5. The summed E-state index contributed by atoms with van der Waals surface area (Å²) in [6.45, 7) is 4.58. The van der Waals surface area contributed by atoms with Gasteiger partial charge in [0.1, 0.15) is 23.3 Å². The highest BCUT2D eigenvalue weighted by Gasteiger charge is 2.38. The second-order valence-electron chi connectivity index (χ2n) is 8.07. The van der Waals surface area contributed by atoms with E-state index in [0.29, 0.717) is 16.7 Å². The molecule has 30 heavy (non-hydrogen) atoms. The summed E-state index contributed by atoms with van der Waals surface area (Å²) < 4.78 is 38.4. The molecule has 0 spiro atoms. The molecule has 3 aromatic heterocycles. The molecule has 0 aliphatic carbocycles. The van der Waals surface area contributed by atoms with Gasteiger partial charge in [-0.3, -0.25) is 4.90 Å². The number of aromatic nitrogens is 4. The van der Waals surface area contributed by atoms with E-state index in [9.17, 15) is 13.2 Å². The molecule has 158 valence electrons. The maximum atomic E-state index is 12.8. The molecule has 2 atom stereocenters. The zero-order valence-corrected chi connectivity index (χ0v) is 17.0. The second kappa shape index (κ2) is 7.73. The van der Waals surface area contributed by atoms with Gasteiger partial charge in [0.15, 0.2) is 0 Å². The molecule has 0 unspecified atom stereocenters. The minimum Gasteiger partial charge on any atom is -0.355 e. The fourth-order valence-corrected chi connectivity index (χ4v) is 5.65. The first kappa shape index (κ1) is 19.6. The van der Waals surface area contributed by atoms with Crippen molar-refractivity contribution in [2.45, 2.75) is 25.6 Å². The van der Waals surface area contributed by atoms with Gasteiger partial charge < -0.3 is 4.90 Å². The highest BCUT2D eigenvalue weighted by Crippen LogP contribution is 2.38. The number of anilines is 1. The van der Waals surface area contributed by atoms with Gasteiger partial charge in [-0.25, -0.2) is 19.9 Å². The zero-order valence-electron chi connectivity index (χ0n) is 16.2. The van der Waals surface area contributed by atoms with Gasteiger partial charge in [-0.2, -0.15) is 13.2 Å². The zero-order chi connectivity index (χ0) is 20.7. The van der Waals surface area contributed by atoms with E-state index < -0.39 is 12.6 Å². The number of hydrogen-bond acceptors (Lipinski definition) is 7. The Morgan fingerprint density at radius 1 is 1.07 bits per heavy atom. The largest absolute Gasteiger partial charge is 0.393 e. The lowest BCUT2D eigenvalue weighted by atomic mass is 9.89. The molecule has 2 aliphatic heterocycles. The number of thiophene rings is 1. The SMILES string of the molecule is FC(F)(F)Cc1cc2c(N3C[C@H]4CCN(Cc5ccncn5)C[C@H]4C3)ncnc2s1. The number of halogens is 3. The van der Waals surface area contributed by atoms with Crippen molar-refractivity contribution in [1.82, 2.24) is 24.8 Å². The van der Waals surface area contributed by atoms with E-state index >= 15 is 0 Å². The molecule has 3 aromatic rings. The number of fused-ring (bicyclic) bond motifs is 2. The second-order valence-corrected chi connectivity index (χ2v) is 9.19. The van der Waals surface area contributed by atoms with Gasteiger partial charge in [-0.1, -0.05) is 0 Å². The average Bonchev–Trinajstić information content (AvgIpc) is 3.30. The number of rotatable bonds is 4. The molecule has 0 N–H and O–H groups in total. The van der Waals surface area contributed by atoms with Crippen LogP contribution in [0.2, 0.25) is 0 Å². The van der Waals surface area contributed by atoms with Gasteiger partial charge in [0.05, 0.1) is 17.5 Å². The normalized spacial score (nSPS) is 22.6. The van der Waals surface area contributed by atoms with Crippen LogP contribution in [-0.4, -0.2) is 57.2 Å². The smallest absolute Gasteiger partial charge is 0.355 e. The number of nitrogens with zero attached hydrogens (tertiary/aromatic N) is 6. The fraction of sp³-hybridized carbons (Fsp3) is 0.500. The van der Waals surface area contributed by atoms with Gasteiger partial charge >= 0.3 is 6.18 Å². The molecule has 0 amide bonds. The monoisotopic (exact) mass is 434 g/mol. The third-order valence-corrected chi connectivity index (χ3v) is 6.99. The Morgan fingerprint density at radius 3 is 2.73 bits per heavy atom. The van der Waals surface area contributed by atoms with Crippen molar-refractivity contribution < 1.29 is 13.2 Å². The summed E-state index contributed by atoms with van der Waals surface area (Å²) in [5.41, 5.74) is 1.02. The standard InChI is InChI=1S/C20H21F3N6S/c21-20(22,23)6-16-5-17-18(26-12-27-19(17)30-16)29-8-13-2-4-28(7-14(13)9-29)10-15-1-3-24-11-25-15/h1,3,5,11-14H,2,4,6-10H2/t13-,14+/m1/s1. The maximum absolute atomic E-state index is 12.8. The lowest BCUT2D eigenvalue weighted by Gasteiger charge is -2.33. The van der Waals surface area contributed by atoms with Crippen molar-refractivity contribution in [3.63, 3.8) is 0 Å². The highest BCUT2D eigenvalue weighted by atomic mass is 32.1. The van der Waals surface area contributed by atoms with Crippen LogP contribution < -0.4 is 4.90 Å². The predicted molar refractivity (Wildman–Crippen MR) is 108 cm³/mol. The Morgan fingerprint density at radius 2 is 1.93 bits per heavy atom. The highest BCUT2D eigenvalue weighted by molar-refractivity contribution is 7.18. The number of piperidine rings is 1. The van der Waals surface area contributed by atoms with E-state index in [0.717, 1.165) is 67.4 Å². The molecule has 5 rings (SSSR count). The van der Waals surface area contributed by atoms with E-state index in [-0.39, 0.29) is 4.88 Å². The Labute approximate surface area is 175 Å². The Hall–Kier alpha value is -2.33. The lowest BCUT2D eigenvalue weighted by molar-refractivity contribution is -0.126. The Balaban J connectivity index is 1.31. The van der Waals surface area contributed by atoms with Crippen LogP contribution >= 0.6 is 11.3 Å². The summed E-state index contributed by atoms with van der Waals surface area (Å²) in [6.07, 6.45) is 0.771. The van der Waals surface area contributed by atoms with Crippen molar-refractivity contribution in [1.29, 1.82) is 0 Å². The van der Waals surface area contributed by atoms with Crippen molar-refractivity contribution in [3.8, 4) is 0 Å². The van der Waals surface area contributed by atoms with Crippen LogP contribution in [0.1, 0.15) is 17.0 Å². The summed E-state index contributed by atoms with van der Waals surface area (Å²) in [5, 5.41) is 0.734.